The average Bonchev–Trinajstić information content (AvgIpc) is 2.76. The molecule has 2 amide bonds. The van der Waals surface area contributed by atoms with Gasteiger partial charge in [-0.3, -0.25) is 13.9 Å². The average molecular weight is 593 g/mol. The van der Waals surface area contributed by atoms with Crippen molar-refractivity contribution in [1.29, 1.82) is 0 Å². The largest absolute Gasteiger partial charge is 0.354 e. The van der Waals surface area contributed by atoms with Crippen LogP contribution in [0.4, 0.5) is 5.69 Å². The van der Waals surface area contributed by atoms with Crippen molar-refractivity contribution in [1.82, 2.24) is 10.2 Å². The lowest BCUT2D eigenvalue weighted by Gasteiger charge is -2.31. The lowest BCUT2D eigenvalue weighted by atomic mass is 10.1. The Morgan fingerprint density at radius 3 is 2.18 bits per heavy atom. The molecule has 0 saturated heterocycles. The molecule has 0 aliphatic rings. The van der Waals surface area contributed by atoms with E-state index < -0.39 is 28.5 Å². The van der Waals surface area contributed by atoms with Crippen molar-refractivity contribution in [3.8, 4) is 0 Å². The summed E-state index contributed by atoms with van der Waals surface area (Å²) in [5.41, 5.74) is 0.992. The Kier molecular flexibility index (Phi) is 10.2. The summed E-state index contributed by atoms with van der Waals surface area (Å²) >= 11 is 15.4. The molecule has 0 heterocycles. The number of halogens is 3. The van der Waals surface area contributed by atoms with Crippen LogP contribution in [0.2, 0.25) is 10.0 Å². The van der Waals surface area contributed by atoms with Gasteiger partial charge in [0.25, 0.3) is 0 Å². The van der Waals surface area contributed by atoms with E-state index in [1.54, 1.807) is 6.92 Å². The molecule has 2 aromatic rings. The van der Waals surface area contributed by atoms with Gasteiger partial charge in [0.1, 0.15) is 12.6 Å². The van der Waals surface area contributed by atoms with Crippen molar-refractivity contribution in [3.05, 3.63) is 62.5 Å². The van der Waals surface area contributed by atoms with E-state index in [1.165, 1.54) is 23.1 Å². The molecule has 34 heavy (non-hydrogen) atoms. The van der Waals surface area contributed by atoms with E-state index in [2.05, 4.69) is 21.2 Å². The molecule has 0 aromatic heterocycles. The topological polar surface area (TPSA) is 86.8 Å². The van der Waals surface area contributed by atoms with Gasteiger partial charge in [-0.25, -0.2) is 8.42 Å². The number of benzene rings is 2. The quantitative estimate of drug-likeness (QED) is 0.433. The highest BCUT2D eigenvalue weighted by Crippen LogP contribution is 2.28. The zero-order valence-electron chi connectivity index (χ0n) is 19.4. The minimum Gasteiger partial charge on any atom is -0.354 e. The van der Waals surface area contributed by atoms with E-state index in [0.717, 1.165) is 20.6 Å². The molecular weight excluding hydrogens is 565 g/mol. The van der Waals surface area contributed by atoms with Crippen molar-refractivity contribution >= 4 is 66.7 Å². The fraction of sp³-hybridized carbons (Fsp3) is 0.391. The minimum absolute atomic E-state index is 0.126. The van der Waals surface area contributed by atoms with Crippen molar-refractivity contribution in [3.63, 3.8) is 0 Å². The van der Waals surface area contributed by atoms with Crippen molar-refractivity contribution in [2.24, 2.45) is 5.92 Å². The Morgan fingerprint density at radius 1 is 1.03 bits per heavy atom. The van der Waals surface area contributed by atoms with Gasteiger partial charge in [-0.1, -0.05) is 65.1 Å². The molecule has 0 bridgehead atoms. The molecule has 0 aliphatic heterocycles. The van der Waals surface area contributed by atoms with Gasteiger partial charge < -0.3 is 10.2 Å². The summed E-state index contributed by atoms with van der Waals surface area (Å²) in [4.78, 5) is 27.6. The minimum atomic E-state index is -3.84. The van der Waals surface area contributed by atoms with Crippen LogP contribution in [-0.4, -0.2) is 50.5 Å². The molecule has 1 atom stereocenters. The third-order valence-corrected chi connectivity index (χ3v) is 7.40. The third-order valence-electron chi connectivity index (χ3n) is 4.99. The second-order valence-corrected chi connectivity index (χ2v) is 12.0. The van der Waals surface area contributed by atoms with Crippen molar-refractivity contribution in [2.45, 2.75) is 33.4 Å². The molecule has 0 fully saturated rings. The maximum Gasteiger partial charge on any atom is 0.244 e. The Balaban J connectivity index is 2.37. The van der Waals surface area contributed by atoms with Gasteiger partial charge in [-0.05, 0) is 48.7 Å². The first-order chi connectivity index (χ1) is 15.8. The molecule has 11 heteroatoms. The number of amides is 2. The summed E-state index contributed by atoms with van der Waals surface area (Å²) in [6, 6.07) is 10.8. The fourth-order valence-electron chi connectivity index (χ4n) is 3.08. The van der Waals surface area contributed by atoms with E-state index in [4.69, 9.17) is 23.2 Å². The lowest BCUT2D eigenvalue weighted by Crippen LogP contribution is -2.51. The monoisotopic (exact) mass is 591 g/mol. The normalized spacial score (nSPS) is 12.4. The number of carbonyl (C=O) groups excluding carboxylic acids is 2. The second-order valence-electron chi connectivity index (χ2n) is 8.33. The summed E-state index contributed by atoms with van der Waals surface area (Å²) in [5, 5.41) is 3.26. The number of nitrogens with one attached hydrogen (secondary N) is 1. The SMILES string of the molecule is CC(C)CNC(=O)[C@@H](C)N(Cc1ccc(Br)cc1)C(=O)CN(c1ccc(Cl)c(Cl)c1)S(C)(=O)=O. The number of hydrogen-bond acceptors (Lipinski definition) is 4. The summed E-state index contributed by atoms with van der Waals surface area (Å²) in [6.45, 7) is 5.64. The van der Waals surface area contributed by atoms with Crippen LogP contribution in [0.3, 0.4) is 0 Å². The molecule has 0 unspecified atom stereocenters. The van der Waals surface area contributed by atoms with Crippen LogP contribution in [-0.2, 0) is 26.2 Å². The van der Waals surface area contributed by atoms with E-state index in [0.29, 0.717) is 6.54 Å². The zero-order valence-corrected chi connectivity index (χ0v) is 23.3. The van der Waals surface area contributed by atoms with Gasteiger partial charge in [-0.15, -0.1) is 0 Å². The molecule has 0 saturated carbocycles. The summed E-state index contributed by atoms with van der Waals surface area (Å²) in [7, 11) is -3.84. The molecule has 186 valence electrons. The summed E-state index contributed by atoms with van der Waals surface area (Å²) in [6.07, 6.45) is 1.00. The highest BCUT2D eigenvalue weighted by Gasteiger charge is 2.30. The Bertz CT molecular complexity index is 1130. The van der Waals surface area contributed by atoms with Crippen LogP contribution in [0, 0.1) is 5.92 Å². The van der Waals surface area contributed by atoms with Crippen LogP contribution in [0.25, 0.3) is 0 Å². The first-order valence-corrected chi connectivity index (χ1v) is 13.9. The molecule has 0 aliphatic carbocycles. The number of rotatable bonds is 10. The van der Waals surface area contributed by atoms with Crippen LogP contribution in [0.1, 0.15) is 26.3 Å². The molecule has 1 N–H and O–H groups in total. The Morgan fingerprint density at radius 2 is 1.65 bits per heavy atom. The number of hydrogen-bond donors (Lipinski definition) is 1. The molecular formula is C23H28BrCl2N3O4S. The molecule has 0 radical (unpaired) electrons. The predicted molar refractivity (Wildman–Crippen MR) is 141 cm³/mol. The summed E-state index contributed by atoms with van der Waals surface area (Å²) < 4.78 is 26.9. The smallest absolute Gasteiger partial charge is 0.244 e. The second kappa shape index (κ2) is 12.2. The third kappa shape index (κ3) is 8.15. The number of carbonyl (C=O) groups is 2. The van der Waals surface area contributed by atoms with Gasteiger partial charge in [0.15, 0.2) is 0 Å². The van der Waals surface area contributed by atoms with Crippen LogP contribution >= 0.6 is 39.1 Å². The van der Waals surface area contributed by atoms with Crippen molar-refractivity contribution in [2.75, 3.05) is 23.7 Å². The number of sulfonamides is 1. The lowest BCUT2D eigenvalue weighted by molar-refractivity contribution is -0.139. The van der Waals surface area contributed by atoms with Crippen LogP contribution < -0.4 is 9.62 Å². The van der Waals surface area contributed by atoms with Gasteiger partial charge in [-0.2, -0.15) is 0 Å². The molecule has 2 rings (SSSR count). The van der Waals surface area contributed by atoms with E-state index in [9.17, 15) is 18.0 Å². The van der Waals surface area contributed by atoms with E-state index in [-0.39, 0.29) is 34.1 Å². The van der Waals surface area contributed by atoms with E-state index >= 15 is 0 Å². The molecule has 2 aromatic carbocycles. The van der Waals surface area contributed by atoms with Gasteiger partial charge in [0.05, 0.1) is 22.0 Å². The highest BCUT2D eigenvalue weighted by molar-refractivity contribution is 9.10. The van der Waals surface area contributed by atoms with E-state index in [1.807, 2.05) is 38.1 Å². The maximum atomic E-state index is 13.5. The molecule has 7 nitrogen and oxygen atoms in total. The predicted octanol–water partition coefficient (Wildman–Crippen LogP) is 4.71. The summed E-state index contributed by atoms with van der Waals surface area (Å²) in [5.74, 6) is -0.617. The fourth-order valence-corrected chi connectivity index (χ4v) is 4.47. The maximum absolute atomic E-state index is 13.5. The number of anilines is 1. The van der Waals surface area contributed by atoms with Crippen LogP contribution in [0.5, 0.6) is 0 Å². The zero-order chi connectivity index (χ0) is 25.6. The first-order valence-electron chi connectivity index (χ1n) is 10.5. The van der Waals surface area contributed by atoms with Gasteiger partial charge >= 0.3 is 0 Å². The van der Waals surface area contributed by atoms with Gasteiger partial charge in [0.2, 0.25) is 21.8 Å². The van der Waals surface area contributed by atoms with Crippen molar-refractivity contribution < 1.29 is 18.0 Å². The Hall–Kier alpha value is -1.81. The first kappa shape index (κ1) is 28.4. The van der Waals surface area contributed by atoms with Gasteiger partial charge in [0, 0.05) is 17.6 Å². The Labute approximate surface area is 219 Å². The van der Waals surface area contributed by atoms with Crippen LogP contribution in [0.15, 0.2) is 46.9 Å². The highest BCUT2D eigenvalue weighted by atomic mass is 79.9. The standard InChI is InChI=1S/C23H28BrCl2N3O4S/c1-15(2)12-27-23(31)16(3)28(13-17-5-7-18(24)8-6-17)22(30)14-29(34(4,32)33)19-9-10-20(25)21(26)11-19/h5-11,15-16H,12-14H2,1-4H3,(H,27,31)/t16-/m1/s1. The molecule has 0 spiro atoms. The number of nitrogens with zero attached hydrogens (tertiary/aromatic N) is 2.